The van der Waals surface area contributed by atoms with Crippen LogP contribution in [0.2, 0.25) is 0 Å². The molecule has 4 aliphatic carbocycles. The molecule has 0 amide bonds. The smallest absolute Gasteiger partial charge is 0.00281 e. The highest BCUT2D eigenvalue weighted by atomic mass is 14.7. The Hall–Kier alpha value is -0.520. The summed E-state index contributed by atoms with van der Waals surface area (Å²) in [5.41, 5.74) is 9.95. The highest BCUT2D eigenvalue weighted by Crippen LogP contribution is 2.76. The van der Waals surface area contributed by atoms with Gasteiger partial charge in [-0.25, -0.2) is 0 Å². The lowest BCUT2D eigenvalue weighted by Gasteiger charge is -2.46. The molecule has 0 aromatic carbocycles. The molecule has 0 aromatic heterocycles. The van der Waals surface area contributed by atoms with Gasteiger partial charge in [0.05, 0.1) is 0 Å². The van der Waals surface area contributed by atoms with Gasteiger partial charge in [-0.2, -0.15) is 0 Å². The van der Waals surface area contributed by atoms with Crippen molar-refractivity contribution >= 4 is 0 Å². The zero-order chi connectivity index (χ0) is 23.5. The summed E-state index contributed by atoms with van der Waals surface area (Å²) in [7, 11) is 0. The van der Waals surface area contributed by atoms with Crippen LogP contribution in [-0.2, 0) is 0 Å². The maximum Gasteiger partial charge on any atom is -0.00281 e. The number of hydrogen-bond donors (Lipinski definition) is 0. The van der Waals surface area contributed by atoms with Crippen molar-refractivity contribution in [3.05, 3.63) is 22.3 Å². The highest BCUT2D eigenvalue weighted by molar-refractivity contribution is 5.41. The van der Waals surface area contributed by atoms with Crippen LogP contribution in [0.3, 0.4) is 0 Å². The van der Waals surface area contributed by atoms with E-state index in [0.29, 0.717) is 37.9 Å². The Morgan fingerprint density at radius 3 is 1.45 bits per heavy atom. The number of allylic oxidation sites excluding steroid dienone is 4. The Bertz CT molecular complexity index is 849. The average molecular weight is 425 g/mol. The molecule has 2 fully saturated rings. The van der Waals surface area contributed by atoms with Crippen molar-refractivity contribution in [3.8, 4) is 0 Å². The molecule has 0 radical (unpaired) electrons. The fourth-order valence-electron chi connectivity index (χ4n) is 9.76. The molecule has 0 heterocycles. The molecule has 2 saturated carbocycles. The first kappa shape index (κ1) is 23.6. The lowest BCUT2D eigenvalue weighted by Crippen LogP contribution is -2.37. The van der Waals surface area contributed by atoms with E-state index in [1.165, 1.54) is 51.4 Å². The molecule has 0 nitrogen and oxygen atoms in total. The van der Waals surface area contributed by atoms with Crippen LogP contribution in [-0.4, -0.2) is 0 Å². The van der Waals surface area contributed by atoms with Gasteiger partial charge in [-0.05, 0) is 117 Å². The van der Waals surface area contributed by atoms with Gasteiger partial charge in [0.1, 0.15) is 0 Å². The Morgan fingerprint density at radius 1 is 0.548 bits per heavy atom. The Labute approximate surface area is 194 Å². The first-order valence-electron chi connectivity index (χ1n) is 13.3. The Balaban J connectivity index is 1.61. The van der Waals surface area contributed by atoms with Crippen molar-refractivity contribution in [3.63, 3.8) is 0 Å². The van der Waals surface area contributed by atoms with Crippen molar-refractivity contribution < 1.29 is 0 Å². The van der Waals surface area contributed by atoms with E-state index in [-0.39, 0.29) is 0 Å². The fraction of sp³-hybridized carbons (Fsp3) is 0.871. The summed E-state index contributed by atoms with van der Waals surface area (Å²) in [5, 5.41) is 0. The van der Waals surface area contributed by atoms with E-state index in [9.17, 15) is 0 Å². The molecule has 0 heteroatoms. The summed E-state index contributed by atoms with van der Waals surface area (Å²) in [6.07, 6.45) is 11.3. The molecule has 31 heavy (non-hydrogen) atoms. The molecule has 0 aromatic rings. The van der Waals surface area contributed by atoms with E-state index < -0.39 is 0 Å². The monoisotopic (exact) mass is 424 g/mol. The van der Waals surface area contributed by atoms with Gasteiger partial charge < -0.3 is 0 Å². The molecule has 0 saturated heterocycles. The number of fused-ring (bicyclic) bond motifs is 4. The van der Waals surface area contributed by atoms with Crippen LogP contribution >= 0.6 is 0 Å². The standard InChI is InChI=1S/C31H52/c1-21-22(2)29(25(5,6)7)16-15-28(21,19-29)14-13-27(11,12)31-18-17-30(20-31,26(8,9)10)23(3)24(31)4/h13-20H2,1-12H3. The SMILES string of the molecule is CC1=C(C)C2(C(C)(C)C)CCC1(CCC(C)(C)C13CCC(C(C)(C)C)(C1)C(C)=C3C)C2. The molecule has 0 spiro atoms. The molecule has 0 aliphatic heterocycles. The van der Waals surface area contributed by atoms with Crippen molar-refractivity contribution in [1.82, 2.24) is 0 Å². The summed E-state index contributed by atoms with van der Waals surface area (Å²) < 4.78 is 0. The van der Waals surface area contributed by atoms with Crippen molar-refractivity contribution in [2.24, 2.45) is 37.9 Å². The van der Waals surface area contributed by atoms with Crippen LogP contribution in [0.25, 0.3) is 0 Å². The van der Waals surface area contributed by atoms with Crippen molar-refractivity contribution in [2.45, 2.75) is 134 Å². The minimum absolute atomic E-state index is 0.366. The van der Waals surface area contributed by atoms with Gasteiger partial charge in [0.25, 0.3) is 0 Å². The van der Waals surface area contributed by atoms with Crippen LogP contribution < -0.4 is 0 Å². The molecule has 4 bridgehead atoms. The second-order valence-corrected chi connectivity index (χ2v) is 15.3. The zero-order valence-corrected chi connectivity index (χ0v) is 23.2. The largest absolute Gasteiger partial charge is 0.0676 e. The van der Waals surface area contributed by atoms with Gasteiger partial charge >= 0.3 is 0 Å². The van der Waals surface area contributed by atoms with E-state index in [2.05, 4.69) is 83.1 Å². The van der Waals surface area contributed by atoms with Crippen molar-refractivity contribution in [1.29, 1.82) is 0 Å². The Morgan fingerprint density at radius 2 is 0.968 bits per heavy atom. The second kappa shape index (κ2) is 6.33. The van der Waals surface area contributed by atoms with Gasteiger partial charge in [0.15, 0.2) is 0 Å². The predicted molar refractivity (Wildman–Crippen MR) is 136 cm³/mol. The topological polar surface area (TPSA) is 0 Å². The van der Waals surface area contributed by atoms with Gasteiger partial charge in [-0.1, -0.05) is 77.7 Å². The summed E-state index contributed by atoms with van der Waals surface area (Å²) in [4.78, 5) is 0. The molecule has 4 rings (SSSR count). The van der Waals surface area contributed by atoms with Gasteiger partial charge in [0.2, 0.25) is 0 Å². The van der Waals surface area contributed by atoms with E-state index >= 15 is 0 Å². The quantitative estimate of drug-likeness (QED) is 0.394. The lowest BCUT2D eigenvalue weighted by molar-refractivity contribution is 0.0729. The molecule has 4 aliphatic rings. The van der Waals surface area contributed by atoms with Crippen LogP contribution in [0.15, 0.2) is 22.3 Å². The third kappa shape index (κ3) is 2.66. The maximum atomic E-state index is 2.64. The minimum atomic E-state index is 0.366. The summed E-state index contributed by atoms with van der Waals surface area (Å²) in [5.74, 6) is 0. The molecule has 176 valence electrons. The van der Waals surface area contributed by atoms with E-state index in [4.69, 9.17) is 0 Å². The fourth-order valence-corrected chi connectivity index (χ4v) is 9.76. The normalized spacial score (nSPS) is 40.6. The number of hydrogen-bond acceptors (Lipinski definition) is 0. The Kier molecular flexibility index (Phi) is 4.82. The van der Waals surface area contributed by atoms with Crippen LogP contribution in [0.5, 0.6) is 0 Å². The third-order valence-electron chi connectivity index (χ3n) is 12.7. The third-order valence-corrected chi connectivity index (χ3v) is 12.7. The number of rotatable bonds is 4. The first-order chi connectivity index (χ1) is 13.9. The average Bonchev–Trinajstić information content (AvgIpc) is 3.34. The summed E-state index contributed by atoms with van der Waals surface area (Å²) in [6.45, 7) is 30.2. The van der Waals surface area contributed by atoms with Gasteiger partial charge in [-0.15, -0.1) is 0 Å². The minimum Gasteiger partial charge on any atom is -0.0676 e. The van der Waals surface area contributed by atoms with E-state index in [1.807, 2.05) is 0 Å². The van der Waals surface area contributed by atoms with E-state index in [0.717, 1.165) is 0 Å². The molecule has 4 unspecified atom stereocenters. The summed E-state index contributed by atoms with van der Waals surface area (Å²) in [6, 6.07) is 0. The first-order valence-corrected chi connectivity index (χ1v) is 13.3. The maximum absolute atomic E-state index is 2.64. The van der Waals surface area contributed by atoms with Crippen LogP contribution in [0, 0.1) is 37.9 Å². The highest BCUT2D eigenvalue weighted by Gasteiger charge is 2.66. The predicted octanol–water partition coefficient (Wildman–Crippen LogP) is 9.90. The van der Waals surface area contributed by atoms with Crippen LogP contribution in [0.4, 0.5) is 0 Å². The molecule has 0 N–H and O–H groups in total. The van der Waals surface area contributed by atoms with E-state index in [1.54, 1.807) is 22.3 Å². The summed E-state index contributed by atoms with van der Waals surface area (Å²) >= 11 is 0. The molecule has 4 atom stereocenters. The van der Waals surface area contributed by atoms with Gasteiger partial charge in [-0.3, -0.25) is 0 Å². The second-order valence-electron chi connectivity index (χ2n) is 15.3. The molecular formula is C31H52. The molecular weight excluding hydrogens is 372 g/mol. The van der Waals surface area contributed by atoms with Crippen molar-refractivity contribution in [2.75, 3.05) is 0 Å². The van der Waals surface area contributed by atoms with Gasteiger partial charge in [0, 0.05) is 0 Å². The zero-order valence-electron chi connectivity index (χ0n) is 23.2. The van der Waals surface area contributed by atoms with Crippen LogP contribution in [0.1, 0.15) is 134 Å². The lowest BCUT2D eigenvalue weighted by atomic mass is 9.58.